The van der Waals surface area contributed by atoms with Gasteiger partial charge in [-0.05, 0) is 54.5 Å². The molecule has 1 aliphatic carbocycles. The number of hydrogen-bond acceptors (Lipinski definition) is 5. The Morgan fingerprint density at radius 1 is 1.16 bits per heavy atom. The zero-order valence-electron chi connectivity index (χ0n) is 22.2. The molecule has 2 aromatic carbocycles. The molecule has 0 spiro atoms. The molecule has 2 heterocycles. The first kappa shape index (κ1) is 26.6. The highest BCUT2D eigenvalue weighted by Crippen LogP contribution is 2.47. The number of carboxylic acid groups (broad SMARTS) is 1. The van der Waals surface area contributed by atoms with Crippen LogP contribution in [-0.2, 0) is 16.6 Å². The van der Waals surface area contributed by atoms with Crippen molar-refractivity contribution in [2.75, 3.05) is 19.5 Å². The Morgan fingerprint density at radius 3 is 2.61 bits per heavy atom. The Balaban J connectivity index is 1.56. The van der Waals surface area contributed by atoms with Crippen LogP contribution in [0.1, 0.15) is 67.8 Å². The summed E-state index contributed by atoms with van der Waals surface area (Å²) in [6.45, 7) is 5.16. The molecule has 0 saturated heterocycles. The van der Waals surface area contributed by atoms with Gasteiger partial charge in [-0.3, -0.25) is 0 Å². The summed E-state index contributed by atoms with van der Waals surface area (Å²) in [5.41, 5.74) is 4.58. The minimum absolute atomic E-state index is 0.0613. The third-order valence-corrected chi connectivity index (χ3v) is 8.48. The molecule has 0 unspecified atom stereocenters. The zero-order valence-corrected chi connectivity index (χ0v) is 23.0. The van der Waals surface area contributed by atoms with E-state index in [0.717, 1.165) is 47.0 Å². The summed E-state index contributed by atoms with van der Waals surface area (Å²) >= 11 is 0. The summed E-state index contributed by atoms with van der Waals surface area (Å²) in [5, 5.41) is 10.8. The smallest absolute Gasteiger partial charge is 0.335 e. The second-order valence-electron chi connectivity index (χ2n) is 10.8. The van der Waals surface area contributed by atoms with Crippen LogP contribution in [0.15, 0.2) is 36.4 Å². The molecular weight excluding hydrogens is 504 g/mol. The van der Waals surface area contributed by atoms with E-state index in [1.54, 1.807) is 12.1 Å². The molecule has 9 heteroatoms. The molecular formula is C29H36N2O6S. The molecule has 5 rings (SSSR count). The Kier molecular flexibility index (Phi) is 7.42. The van der Waals surface area contributed by atoms with Crippen LogP contribution in [0, 0.1) is 5.92 Å². The summed E-state index contributed by atoms with van der Waals surface area (Å²) in [4.78, 5) is 11.8. The van der Waals surface area contributed by atoms with Crippen LogP contribution in [0.25, 0.3) is 22.2 Å². The fourth-order valence-corrected chi connectivity index (χ4v) is 6.70. The summed E-state index contributed by atoms with van der Waals surface area (Å²) in [6.07, 6.45) is 7.03. The molecule has 1 aromatic heterocycles. The van der Waals surface area contributed by atoms with Gasteiger partial charge >= 0.3 is 5.97 Å². The highest BCUT2D eigenvalue weighted by Gasteiger charge is 2.30. The normalized spacial score (nSPS) is 16.9. The van der Waals surface area contributed by atoms with Crippen molar-refractivity contribution in [3.8, 4) is 22.8 Å². The Bertz CT molecular complexity index is 1450. The Labute approximate surface area is 224 Å². The van der Waals surface area contributed by atoms with Gasteiger partial charge in [0, 0.05) is 22.5 Å². The van der Waals surface area contributed by atoms with Gasteiger partial charge in [-0.15, -0.1) is 0 Å². The number of fused-ring (bicyclic) bond motifs is 5. The minimum atomic E-state index is -3.36. The quantitative estimate of drug-likeness (QED) is 0.396. The van der Waals surface area contributed by atoms with Crippen molar-refractivity contribution in [3.63, 3.8) is 0 Å². The van der Waals surface area contributed by atoms with Gasteiger partial charge in [-0.2, -0.15) is 0 Å². The van der Waals surface area contributed by atoms with Crippen molar-refractivity contribution >= 4 is 26.9 Å². The molecule has 38 heavy (non-hydrogen) atoms. The molecule has 1 aliphatic heterocycles. The molecule has 0 radical (unpaired) electrons. The highest BCUT2D eigenvalue weighted by atomic mass is 32.2. The number of rotatable bonds is 8. The summed E-state index contributed by atoms with van der Waals surface area (Å²) in [5.74, 6) is 0.873. The van der Waals surface area contributed by atoms with E-state index in [9.17, 15) is 18.3 Å². The van der Waals surface area contributed by atoms with Crippen LogP contribution in [0.5, 0.6) is 11.5 Å². The maximum atomic E-state index is 11.8. The second kappa shape index (κ2) is 10.6. The molecule has 2 N–H and O–H groups in total. The maximum absolute atomic E-state index is 11.8. The fraction of sp³-hybridized carbons (Fsp3) is 0.483. The fourth-order valence-electron chi connectivity index (χ4n) is 5.81. The largest absolute Gasteiger partial charge is 0.492 e. The first-order valence-electron chi connectivity index (χ1n) is 13.4. The lowest BCUT2D eigenvalue weighted by atomic mass is 9.81. The molecule has 8 nitrogen and oxygen atoms in total. The molecule has 3 aromatic rings. The number of nitrogens with one attached hydrogen (secondary N) is 1. The SMILES string of the molecule is CC(C)[C@@H](COc1ccc2c(c1)OCCn1c-2c(C2CCCCC2)c2ccc(C(=O)O)cc21)NS(C)(=O)=O. The number of nitrogens with zero attached hydrogens (tertiary/aromatic N) is 1. The van der Waals surface area contributed by atoms with Crippen molar-refractivity contribution in [1.82, 2.24) is 9.29 Å². The third-order valence-electron chi connectivity index (χ3n) is 7.74. The van der Waals surface area contributed by atoms with E-state index in [4.69, 9.17) is 9.47 Å². The molecule has 1 fully saturated rings. The van der Waals surface area contributed by atoms with Gasteiger partial charge in [0.1, 0.15) is 24.7 Å². The van der Waals surface area contributed by atoms with Gasteiger partial charge in [-0.25, -0.2) is 17.9 Å². The van der Waals surface area contributed by atoms with Crippen LogP contribution in [0.4, 0.5) is 0 Å². The van der Waals surface area contributed by atoms with E-state index in [-0.39, 0.29) is 24.1 Å². The Hall–Kier alpha value is -3.04. The van der Waals surface area contributed by atoms with Gasteiger partial charge < -0.3 is 19.1 Å². The van der Waals surface area contributed by atoms with Gasteiger partial charge in [0.25, 0.3) is 0 Å². The number of benzene rings is 2. The van der Waals surface area contributed by atoms with E-state index in [1.165, 1.54) is 24.8 Å². The van der Waals surface area contributed by atoms with Crippen molar-refractivity contribution in [3.05, 3.63) is 47.5 Å². The second-order valence-corrected chi connectivity index (χ2v) is 12.6. The molecule has 2 aliphatic rings. The number of ether oxygens (including phenoxy) is 2. The number of aromatic carboxylic acids is 1. The third kappa shape index (κ3) is 5.40. The van der Waals surface area contributed by atoms with E-state index >= 15 is 0 Å². The lowest BCUT2D eigenvalue weighted by Crippen LogP contribution is -2.42. The van der Waals surface area contributed by atoms with E-state index in [0.29, 0.717) is 24.8 Å². The van der Waals surface area contributed by atoms with Crippen LogP contribution < -0.4 is 14.2 Å². The number of aromatic nitrogens is 1. The molecule has 0 bridgehead atoms. The van der Waals surface area contributed by atoms with Crippen LogP contribution >= 0.6 is 0 Å². The molecule has 0 amide bonds. The summed E-state index contributed by atoms with van der Waals surface area (Å²) in [6, 6.07) is 10.9. The standard InChI is InChI=1S/C29H36N2O6S/c1-18(2)24(30-38(3,34)35)17-37-21-10-12-23-26(16-21)36-14-13-31-25-15-20(29(32)33)9-11-22(25)27(28(23)31)19-7-5-4-6-8-19/h9-12,15-16,18-19,24,30H,4-8,13-14,17H2,1-3H3,(H,32,33)/t24-/m1/s1. The average molecular weight is 541 g/mol. The van der Waals surface area contributed by atoms with Crippen molar-refractivity contribution < 1.29 is 27.8 Å². The predicted octanol–water partition coefficient (Wildman–Crippen LogP) is 5.40. The topological polar surface area (TPSA) is 107 Å². The lowest BCUT2D eigenvalue weighted by Gasteiger charge is -2.24. The van der Waals surface area contributed by atoms with Crippen LogP contribution in [0.2, 0.25) is 0 Å². The zero-order chi connectivity index (χ0) is 27.0. The van der Waals surface area contributed by atoms with Gasteiger partial charge in [0.2, 0.25) is 10.0 Å². The van der Waals surface area contributed by atoms with Crippen molar-refractivity contribution in [2.45, 2.75) is 64.5 Å². The number of sulfonamides is 1. The van der Waals surface area contributed by atoms with Crippen LogP contribution in [-0.4, -0.2) is 49.6 Å². The number of carboxylic acids is 1. The lowest BCUT2D eigenvalue weighted by molar-refractivity contribution is 0.0697. The van der Waals surface area contributed by atoms with Crippen molar-refractivity contribution in [2.24, 2.45) is 5.92 Å². The number of hydrogen-bond donors (Lipinski definition) is 2. The first-order chi connectivity index (χ1) is 18.1. The summed E-state index contributed by atoms with van der Waals surface area (Å²) in [7, 11) is -3.36. The summed E-state index contributed by atoms with van der Waals surface area (Å²) < 4.78 is 40.7. The maximum Gasteiger partial charge on any atom is 0.335 e. The monoisotopic (exact) mass is 540 g/mol. The predicted molar refractivity (Wildman–Crippen MR) is 148 cm³/mol. The van der Waals surface area contributed by atoms with Crippen molar-refractivity contribution in [1.29, 1.82) is 0 Å². The molecule has 1 atom stereocenters. The average Bonchev–Trinajstić information content (AvgIpc) is 3.07. The van der Waals surface area contributed by atoms with E-state index in [1.807, 2.05) is 38.1 Å². The Morgan fingerprint density at radius 2 is 1.92 bits per heavy atom. The van der Waals surface area contributed by atoms with Gasteiger partial charge in [-0.1, -0.05) is 39.2 Å². The van der Waals surface area contributed by atoms with Crippen LogP contribution in [0.3, 0.4) is 0 Å². The number of carbonyl (C=O) groups is 1. The van der Waals surface area contributed by atoms with E-state index in [2.05, 4.69) is 9.29 Å². The minimum Gasteiger partial charge on any atom is -0.492 e. The first-order valence-corrected chi connectivity index (χ1v) is 15.3. The van der Waals surface area contributed by atoms with E-state index < -0.39 is 16.0 Å². The van der Waals surface area contributed by atoms with Gasteiger partial charge in [0.05, 0.1) is 30.1 Å². The molecule has 1 saturated carbocycles. The molecule has 204 valence electrons. The van der Waals surface area contributed by atoms with Gasteiger partial charge in [0.15, 0.2) is 0 Å². The highest BCUT2D eigenvalue weighted by molar-refractivity contribution is 7.88.